The van der Waals surface area contributed by atoms with Crippen molar-refractivity contribution in [1.82, 2.24) is 0 Å². The van der Waals surface area contributed by atoms with E-state index in [1.807, 2.05) is 12.1 Å². The summed E-state index contributed by atoms with van der Waals surface area (Å²) in [5.74, 6) is 3.07. The smallest absolute Gasteiger partial charge is 0.161 e. The van der Waals surface area contributed by atoms with Gasteiger partial charge in [-0.15, -0.1) is 0 Å². The Morgan fingerprint density at radius 1 is 1.07 bits per heavy atom. The molecule has 0 aliphatic carbocycles. The fourth-order valence-corrected chi connectivity index (χ4v) is 3.10. The molecule has 0 aliphatic heterocycles. The fraction of sp³-hybridized carbons (Fsp3) is 0.739. The Labute approximate surface area is 166 Å². The van der Waals surface area contributed by atoms with Gasteiger partial charge in [0.1, 0.15) is 0 Å². The van der Waals surface area contributed by atoms with Crippen LogP contribution in [0, 0.1) is 17.8 Å². The molecule has 0 aromatic heterocycles. The lowest BCUT2D eigenvalue weighted by molar-refractivity contribution is 0.146. The van der Waals surface area contributed by atoms with Gasteiger partial charge >= 0.3 is 0 Å². The summed E-state index contributed by atoms with van der Waals surface area (Å²) in [6.45, 7) is 11.6. The standard InChI is InChI=1S/C23H41NO3/c1-17(2)8-7-9-19(5)15-27-21-11-10-20(14-22(21)26-6)12-13-23(24,16-25)18(3)4/h10-11,14,17-19,25H,7-9,12-13,15-16,24H2,1-6H3/t19?,23-/m1/s1. The third-order valence-electron chi connectivity index (χ3n) is 5.55. The number of hydrogen-bond donors (Lipinski definition) is 2. The molecule has 2 atom stereocenters. The number of ether oxygens (including phenoxy) is 2. The highest BCUT2D eigenvalue weighted by molar-refractivity contribution is 5.43. The van der Waals surface area contributed by atoms with E-state index in [4.69, 9.17) is 15.2 Å². The van der Waals surface area contributed by atoms with E-state index in [9.17, 15) is 5.11 Å². The molecule has 1 unspecified atom stereocenters. The summed E-state index contributed by atoms with van der Waals surface area (Å²) < 4.78 is 11.5. The quantitative estimate of drug-likeness (QED) is 0.516. The molecule has 156 valence electrons. The van der Waals surface area contributed by atoms with Crippen LogP contribution in [0.15, 0.2) is 18.2 Å². The van der Waals surface area contributed by atoms with Gasteiger partial charge in [-0.05, 0) is 54.7 Å². The van der Waals surface area contributed by atoms with Crippen LogP contribution in [0.4, 0.5) is 0 Å². The zero-order chi connectivity index (χ0) is 20.4. The van der Waals surface area contributed by atoms with Crippen molar-refractivity contribution in [3.05, 3.63) is 23.8 Å². The van der Waals surface area contributed by atoms with Crippen molar-refractivity contribution in [2.45, 2.75) is 72.3 Å². The molecule has 0 saturated heterocycles. The van der Waals surface area contributed by atoms with Gasteiger partial charge < -0.3 is 20.3 Å². The van der Waals surface area contributed by atoms with Crippen LogP contribution in [0.2, 0.25) is 0 Å². The van der Waals surface area contributed by atoms with Crippen molar-refractivity contribution >= 4 is 0 Å². The van der Waals surface area contributed by atoms with E-state index in [0.717, 1.165) is 35.8 Å². The first-order valence-electron chi connectivity index (χ1n) is 10.4. The van der Waals surface area contributed by atoms with Crippen LogP contribution in [0.1, 0.15) is 65.9 Å². The first-order chi connectivity index (χ1) is 12.7. The first-order valence-corrected chi connectivity index (χ1v) is 10.4. The van der Waals surface area contributed by atoms with Gasteiger partial charge in [0.2, 0.25) is 0 Å². The van der Waals surface area contributed by atoms with Gasteiger partial charge in [0, 0.05) is 5.54 Å². The summed E-state index contributed by atoms with van der Waals surface area (Å²) in [5, 5.41) is 9.62. The molecular formula is C23H41NO3. The minimum absolute atomic E-state index is 0.00229. The first kappa shape index (κ1) is 23.8. The number of rotatable bonds is 13. The van der Waals surface area contributed by atoms with Gasteiger partial charge in [0.15, 0.2) is 11.5 Å². The van der Waals surface area contributed by atoms with Crippen molar-refractivity contribution in [2.24, 2.45) is 23.5 Å². The molecule has 0 radical (unpaired) electrons. The average molecular weight is 380 g/mol. The van der Waals surface area contributed by atoms with Gasteiger partial charge in [-0.3, -0.25) is 0 Å². The second-order valence-corrected chi connectivity index (χ2v) is 8.77. The molecule has 4 heteroatoms. The van der Waals surface area contributed by atoms with Gasteiger partial charge in [0.25, 0.3) is 0 Å². The molecule has 0 heterocycles. The van der Waals surface area contributed by atoms with Crippen molar-refractivity contribution in [3.8, 4) is 11.5 Å². The predicted molar refractivity (Wildman–Crippen MR) is 114 cm³/mol. The van der Waals surface area contributed by atoms with E-state index in [-0.39, 0.29) is 12.5 Å². The summed E-state index contributed by atoms with van der Waals surface area (Å²) in [6, 6.07) is 6.08. The lowest BCUT2D eigenvalue weighted by Gasteiger charge is -2.31. The Balaban J connectivity index is 2.61. The number of aliphatic hydroxyl groups excluding tert-OH is 1. The number of methoxy groups -OCH3 is 1. The van der Waals surface area contributed by atoms with Crippen LogP contribution in [0.25, 0.3) is 0 Å². The third-order valence-corrected chi connectivity index (χ3v) is 5.55. The van der Waals surface area contributed by atoms with Crippen molar-refractivity contribution in [2.75, 3.05) is 20.3 Å². The molecular weight excluding hydrogens is 338 g/mol. The van der Waals surface area contributed by atoms with E-state index < -0.39 is 5.54 Å². The number of aryl methyl sites for hydroxylation is 1. The Hall–Kier alpha value is -1.26. The summed E-state index contributed by atoms with van der Waals surface area (Å²) >= 11 is 0. The normalized spacial score (nSPS) is 15.0. The molecule has 0 bridgehead atoms. The van der Waals surface area contributed by atoms with E-state index in [2.05, 4.69) is 40.7 Å². The van der Waals surface area contributed by atoms with Crippen LogP contribution in [-0.4, -0.2) is 31.0 Å². The van der Waals surface area contributed by atoms with E-state index in [0.29, 0.717) is 12.5 Å². The highest BCUT2D eigenvalue weighted by atomic mass is 16.5. The lowest BCUT2D eigenvalue weighted by atomic mass is 9.83. The van der Waals surface area contributed by atoms with Crippen molar-refractivity contribution < 1.29 is 14.6 Å². The summed E-state index contributed by atoms with van der Waals surface area (Å²) in [5.41, 5.74) is 6.92. The maximum atomic E-state index is 9.62. The van der Waals surface area contributed by atoms with Crippen LogP contribution in [-0.2, 0) is 6.42 Å². The van der Waals surface area contributed by atoms with Gasteiger partial charge in [-0.25, -0.2) is 0 Å². The van der Waals surface area contributed by atoms with Crippen LogP contribution < -0.4 is 15.2 Å². The van der Waals surface area contributed by atoms with Gasteiger partial charge in [0.05, 0.1) is 20.3 Å². The Morgan fingerprint density at radius 3 is 2.33 bits per heavy atom. The maximum Gasteiger partial charge on any atom is 0.161 e. The topological polar surface area (TPSA) is 64.7 Å². The van der Waals surface area contributed by atoms with E-state index in [1.165, 1.54) is 19.3 Å². The average Bonchev–Trinajstić information content (AvgIpc) is 2.64. The Bertz CT molecular complexity index is 544. The van der Waals surface area contributed by atoms with E-state index >= 15 is 0 Å². The largest absolute Gasteiger partial charge is 0.493 e. The highest BCUT2D eigenvalue weighted by Crippen LogP contribution is 2.30. The predicted octanol–water partition coefficient (Wildman–Crippen LogP) is 4.81. The maximum absolute atomic E-state index is 9.62. The van der Waals surface area contributed by atoms with Gasteiger partial charge in [-0.1, -0.05) is 53.5 Å². The minimum Gasteiger partial charge on any atom is -0.493 e. The molecule has 0 aliphatic rings. The molecule has 1 aromatic rings. The molecule has 0 spiro atoms. The number of nitrogens with two attached hydrogens (primary N) is 1. The molecule has 0 amide bonds. The van der Waals surface area contributed by atoms with Crippen LogP contribution >= 0.6 is 0 Å². The monoisotopic (exact) mass is 379 g/mol. The SMILES string of the molecule is COc1cc(CC[C@@](N)(CO)C(C)C)ccc1OCC(C)CCCC(C)C. The summed E-state index contributed by atoms with van der Waals surface area (Å²) in [4.78, 5) is 0. The van der Waals surface area contributed by atoms with Gasteiger partial charge in [-0.2, -0.15) is 0 Å². The summed E-state index contributed by atoms with van der Waals surface area (Å²) in [7, 11) is 1.67. The molecule has 4 nitrogen and oxygen atoms in total. The fourth-order valence-electron chi connectivity index (χ4n) is 3.10. The minimum atomic E-state index is -0.548. The van der Waals surface area contributed by atoms with Crippen LogP contribution in [0.5, 0.6) is 11.5 Å². The Kier molecular flexibility index (Phi) is 10.2. The van der Waals surface area contributed by atoms with E-state index in [1.54, 1.807) is 7.11 Å². The van der Waals surface area contributed by atoms with Crippen molar-refractivity contribution in [3.63, 3.8) is 0 Å². The zero-order valence-electron chi connectivity index (χ0n) is 18.3. The molecule has 3 N–H and O–H groups in total. The summed E-state index contributed by atoms with van der Waals surface area (Å²) in [6.07, 6.45) is 5.25. The molecule has 0 fully saturated rings. The van der Waals surface area contributed by atoms with Crippen LogP contribution in [0.3, 0.4) is 0 Å². The zero-order valence-corrected chi connectivity index (χ0v) is 18.3. The number of aliphatic hydroxyl groups is 1. The van der Waals surface area contributed by atoms with Crippen molar-refractivity contribution in [1.29, 1.82) is 0 Å². The molecule has 1 aromatic carbocycles. The lowest BCUT2D eigenvalue weighted by Crippen LogP contribution is -2.48. The second-order valence-electron chi connectivity index (χ2n) is 8.77. The highest BCUT2D eigenvalue weighted by Gasteiger charge is 2.27. The Morgan fingerprint density at radius 2 is 1.78 bits per heavy atom. The molecule has 0 saturated carbocycles. The molecule has 27 heavy (non-hydrogen) atoms. The second kappa shape index (κ2) is 11.6. The number of benzene rings is 1. The number of hydrogen-bond acceptors (Lipinski definition) is 4. The molecule has 1 rings (SSSR count). The third kappa shape index (κ3) is 8.10.